The lowest BCUT2D eigenvalue weighted by Gasteiger charge is -2.12. The van der Waals surface area contributed by atoms with Gasteiger partial charge in [0.2, 0.25) is 11.8 Å². The lowest BCUT2D eigenvalue weighted by molar-refractivity contribution is -0.114. The number of nitrogens with two attached hydrogens (primary N) is 1. The van der Waals surface area contributed by atoms with Gasteiger partial charge in [-0.2, -0.15) is 0 Å². The number of anilines is 2. The van der Waals surface area contributed by atoms with Crippen LogP contribution in [0.5, 0.6) is 0 Å². The van der Waals surface area contributed by atoms with Crippen LogP contribution in [0.3, 0.4) is 0 Å². The van der Waals surface area contributed by atoms with Crippen molar-refractivity contribution >= 4 is 52.8 Å². The van der Waals surface area contributed by atoms with Crippen LogP contribution in [0.25, 0.3) is 6.08 Å². The number of hydrogen-bond acceptors (Lipinski definition) is 5. The number of benzene rings is 4. The molecule has 0 saturated carbocycles. The molecule has 0 radical (unpaired) electrons. The Labute approximate surface area is 242 Å². The van der Waals surface area contributed by atoms with E-state index in [2.05, 4.69) is 16.0 Å². The number of aryl methyl sites for hydroxylation is 1. The molecule has 0 heterocycles. The minimum absolute atomic E-state index is 0.0856. The number of carbonyl (C=O) groups is 4. The molecule has 5 N–H and O–H groups in total. The Morgan fingerprint density at radius 1 is 0.756 bits per heavy atom. The van der Waals surface area contributed by atoms with Crippen LogP contribution in [0.1, 0.15) is 31.8 Å². The lowest BCUT2D eigenvalue weighted by atomic mass is 10.1. The number of hydrogen-bond donors (Lipinski definition) is 4. The minimum Gasteiger partial charge on any atom is -0.366 e. The highest BCUT2D eigenvalue weighted by Gasteiger charge is 2.15. The number of rotatable bonds is 10. The van der Waals surface area contributed by atoms with Crippen molar-refractivity contribution < 1.29 is 19.2 Å². The number of thioether (sulfide) groups is 1. The average Bonchev–Trinajstić information content (AvgIpc) is 2.97. The first kappa shape index (κ1) is 28.8. The van der Waals surface area contributed by atoms with E-state index in [-0.39, 0.29) is 17.4 Å². The molecule has 0 aliphatic heterocycles. The van der Waals surface area contributed by atoms with Crippen LogP contribution < -0.4 is 21.7 Å². The van der Waals surface area contributed by atoms with Crippen molar-refractivity contribution in [1.29, 1.82) is 0 Å². The number of nitrogens with one attached hydrogen (secondary N) is 3. The van der Waals surface area contributed by atoms with Gasteiger partial charge in [-0.25, -0.2) is 0 Å². The quantitative estimate of drug-likeness (QED) is 0.155. The SMILES string of the molecule is Cc1ccc(/C=C(\NC(=O)c2ccccc2)C(=O)Nc2cccc(SCC(=O)Nc3ccc(C(N)=O)cc3)c2)cc1. The summed E-state index contributed by atoms with van der Waals surface area (Å²) < 4.78 is 0. The fourth-order valence-corrected chi connectivity index (χ4v) is 4.45. The largest absolute Gasteiger partial charge is 0.366 e. The molecule has 4 amide bonds. The Morgan fingerprint density at radius 2 is 1.46 bits per heavy atom. The molecule has 0 unspecified atom stereocenters. The van der Waals surface area contributed by atoms with Gasteiger partial charge in [0.1, 0.15) is 5.70 Å². The number of amides is 4. The van der Waals surface area contributed by atoms with Crippen molar-refractivity contribution in [3.8, 4) is 0 Å². The number of primary amides is 1. The zero-order valence-corrected chi connectivity index (χ0v) is 23.0. The Balaban J connectivity index is 1.42. The summed E-state index contributed by atoms with van der Waals surface area (Å²) in [5.74, 6) is -1.54. The van der Waals surface area contributed by atoms with Gasteiger partial charge in [-0.05, 0) is 73.2 Å². The van der Waals surface area contributed by atoms with Crippen molar-refractivity contribution in [3.63, 3.8) is 0 Å². The Hall–Kier alpha value is -5.15. The van der Waals surface area contributed by atoms with Gasteiger partial charge in [0.15, 0.2) is 0 Å². The molecule has 0 fully saturated rings. The van der Waals surface area contributed by atoms with E-state index in [1.165, 1.54) is 11.8 Å². The van der Waals surface area contributed by atoms with Crippen molar-refractivity contribution in [2.45, 2.75) is 11.8 Å². The van der Waals surface area contributed by atoms with E-state index < -0.39 is 17.7 Å². The summed E-state index contributed by atoms with van der Waals surface area (Å²) >= 11 is 1.30. The van der Waals surface area contributed by atoms with Crippen LogP contribution in [0.15, 0.2) is 114 Å². The Bertz CT molecular complexity index is 1580. The van der Waals surface area contributed by atoms with Gasteiger partial charge in [-0.3, -0.25) is 19.2 Å². The number of carbonyl (C=O) groups excluding carboxylic acids is 4. The highest BCUT2D eigenvalue weighted by Crippen LogP contribution is 2.23. The molecule has 0 saturated heterocycles. The predicted molar refractivity (Wildman–Crippen MR) is 162 cm³/mol. The molecule has 0 atom stereocenters. The smallest absolute Gasteiger partial charge is 0.272 e. The molecule has 4 aromatic carbocycles. The van der Waals surface area contributed by atoms with E-state index >= 15 is 0 Å². The van der Waals surface area contributed by atoms with Gasteiger partial charge < -0.3 is 21.7 Å². The normalized spacial score (nSPS) is 10.9. The monoisotopic (exact) mass is 564 g/mol. The molecule has 206 valence electrons. The maximum Gasteiger partial charge on any atom is 0.272 e. The highest BCUT2D eigenvalue weighted by atomic mass is 32.2. The Morgan fingerprint density at radius 3 is 2.15 bits per heavy atom. The zero-order valence-electron chi connectivity index (χ0n) is 22.2. The predicted octanol–water partition coefficient (Wildman–Crippen LogP) is 5.23. The summed E-state index contributed by atoms with van der Waals surface area (Å²) in [7, 11) is 0. The third kappa shape index (κ3) is 8.67. The molecule has 0 aliphatic carbocycles. The van der Waals surface area contributed by atoms with Crippen molar-refractivity contribution in [2.24, 2.45) is 5.73 Å². The third-order valence-electron chi connectivity index (χ3n) is 5.83. The molecule has 0 bridgehead atoms. The molecule has 8 nitrogen and oxygen atoms in total. The van der Waals surface area contributed by atoms with Crippen LogP contribution in [0.2, 0.25) is 0 Å². The van der Waals surface area contributed by atoms with Crippen molar-refractivity contribution in [1.82, 2.24) is 5.32 Å². The molecule has 41 heavy (non-hydrogen) atoms. The first-order valence-corrected chi connectivity index (χ1v) is 13.6. The molecular weight excluding hydrogens is 536 g/mol. The third-order valence-corrected chi connectivity index (χ3v) is 6.83. The summed E-state index contributed by atoms with van der Waals surface area (Å²) in [5.41, 5.74) is 9.00. The van der Waals surface area contributed by atoms with Gasteiger partial charge in [-0.15, -0.1) is 11.8 Å². The van der Waals surface area contributed by atoms with Gasteiger partial charge in [0.05, 0.1) is 5.75 Å². The van der Waals surface area contributed by atoms with E-state index in [1.807, 2.05) is 43.3 Å². The topological polar surface area (TPSA) is 130 Å². The summed E-state index contributed by atoms with van der Waals surface area (Å²) in [6.45, 7) is 1.97. The van der Waals surface area contributed by atoms with E-state index in [0.717, 1.165) is 16.0 Å². The molecule has 0 aromatic heterocycles. The lowest BCUT2D eigenvalue weighted by Crippen LogP contribution is -2.30. The van der Waals surface area contributed by atoms with Gasteiger partial charge in [-0.1, -0.05) is 54.1 Å². The zero-order chi connectivity index (χ0) is 29.2. The average molecular weight is 565 g/mol. The van der Waals surface area contributed by atoms with E-state index in [4.69, 9.17) is 5.73 Å². The second-order valence-electron chi connectivity index (χ2n) is 9.05. The summed E-state index contributed by atoms with van der Waals surface area (Å²) in [5, 5.41) is 8.34. The second-order valence-corrected chi connectivity index (χ2v) is 10.1. The maximum absolute atomic E-state index is 13.3. The van der Waals surface area contributed by atoms with E-state index in [0.29, 0.717) is 22.5 Å². The summed E-state index contributed by atoms with van der Waals surface area (Å²) in [6.07, 6.45) is 1.62. The molecule has 9 heteroatoms. The molecule has 4 aromatic rings. The summed E-state index contributed by atoms with van der Waals surface area (Å²) in [4.78, 5) is 50.5. The first-order chi connectivity index (χ1) is 19.8. The van der Waals surface area contributed by atoms with Crippen molar-refractivity contribution in [2.75, 3.05) is 16.4 Å². The summed E-state index contributed by atoms with van der Waals surface area (Å²) in [6, 6.07) is 29.6. The first-order valence-electron chi connectivity index (χ1n) is 12.7. The second kappa shape index (κ2) is 13.8. The molecule has 0 aliphatic rings. The van der Waals surface area contributed by atoms with Gasteiger partial charge in [0, 0.05) is 27.4 Å². The van der Waals surface area contributed by atoms with Crippen molar-refractivity contribution in [3.05, 3.63) is 131 Å². The van der Waals surface area contributed by atoms with Crippen LogP contribution in [-0.2, 0) is 9.59 Å². The minimum atomic E-state index is -0.540. The fraction of sp³-hybridized carbons (Fsp3) is 0.0625. The fourth-order valence-electron chi connectivity index (χ4n) is 3.70. The van der Waals surface area contributed by atoms with Crippen LogP contribution in [0.4, 0.5) is 11.4 Å². The molecular formula is C32H28N4O4S. The van der Waals surface area contributed by atoms with E-state index in [1.54, 1.807) is 72.8 Å². The molecule has 0 spiro atoms. The Kier molecular flexibility index (Phi) is 9.69. The van der Waals surface area contributed by atoms with Gasteiger partial charge >= 0.3 is 0 Å². The van der Waals surface area contributed by atoms with Crippen LogP contribution in [-0.4, -0.2) is 29.4 Å². The van der Waals surface area contributed by atoms with Gasteiger partial charge in [0.25, 0.3) is 11.8 Å². The van der Waals surface area contributed by atoms with E-state index in [9.17, 15) is 19.2 Å². The highest BCUT2D eigenvalue weighted by molar-refractivity contribution is 8.00. The van der Waals surface area contributed by atoms with Crippen LogP contribution in [0, 0.1) is 6.92 Å². The molecule has 4 rings (SSSR count). The standard InChI is InChI=1S/C32H28N4O4S/c1-21-10-12-22(13-11-21)18-28(36-31(39)24-6-3-2-4-7-24)32(40)35-26-8-5-9-27(19-26)41-20-29(37)34-25-16-14-23(15-17-25)30(33)38/h2-19H,20H2,1H3,(H2,33,38)(H,34,37)(H,35,40)(H,36,39)/b28-18-. The van der Waals surface area contributed by atoms with Crippen LogP contribution >= 0.6 is 11.8 Å². The maximum atomic E-state index is 13.3.